The zero-order valence-corrected chi connectivity index (χ0v) is 9.24. The Hall–Kier alpha value is -0.900. The highest BCUT2D eigenvalue weighted by molar-refractivity contribution is 9.10. The molecule has 0 aromatic carbocycles. The lowest BCUT2D eigenvalue weighted by Gasteiger charge is -1.99. The average molecular weight is 252 g/mol. The fourth-order valence-corrected chi connectivity index (χ4v) is 2.17. The second kappa shape index (κ2) is 3.05. The molecule has 0 atom stereocenters. The summed E-state index contributed by atoms with van der Waals surface area (Å²) in [7, 11) is 0. The van der Waals surface area contributed by atoms with E-state index in [2.05, 4.69) is 30.7 Å². The van der Waals surface area contributed by atoms with E-state index in [0.29, 0.717) is 0 Å². The van der Waals surface area contributed by atoms with Crippen molar-refractivity contribution in [2.75, 3.05) is 0 Å². The first kappa shape index (κ1) is 8.41. The first-order valence-electron chi connectivity index (χ1n) is 4.80. The zero-order valence-electron chi connectivity index (χ0n) is 7.65. The van der Waals surface area contributed by atoms with Gasteiger partial charge in [0.15, 0.2) is 0 Å². The average Bonchev–Trinajstić information content (AvgIpc) is 2.95. The Bertz CT molecular complexity index is 473. The first-order valence-corrected chi connectivity index (χ1v) is 5.60. The van der Waals surface area contributed by atoms with Crippen LogP contribution in [-0.2, 0) is 6.54 Å². The summed E-state index contributed by atoms with van der Waals surface area (Å²) in [6.45, 7) is 1.05. The third kappa shape index (κ3) is 1.34. The molecule has 1 aliphatic rings. The topological polar surface area (TPSA) is 30.7 Å². The lowest BCUT2D eigenvalue weighted by atomic mass is 10.3. The summed E-state index contributed by atoms with van der Waals surface area (Å²) in [6.07, 6.45) is 6.38. The molecule has 2 aromatic rings. The van der Waals surface area contributed by atoms with Gasteiger partial charge in [-0.05, 0) is 40.8 Å². The van der Waals surface area contributed by atoms with E-state index < -0.39 is 0 Å². The summed E-state index contributed by atoms with van der Waals surface area (Å²) >= 11 is 3.46. The van der Waals surface area contributed by atoms with E-state index in [1.54, 1.807) is 0 Å². The number of hydrogen-bond acceptors (Lipinski definition) is 2. The monoisotopic (exact) mass is 251 g/mol. The van der Waals surface area contributed by atoms with Gasteiger partial charge in [-0.3, -0.25) is 9.67 Å². The number of hydrogen-bond donors (Lipinski definition) is 0. The smallest absolute Gasteiger partial charge is 0.137 e. The van der Waals surface area contributed by atoms with Crippen LogP contribution in [0.3, 0.4) is 0 Å². The fourth-order valence-electron chi connectivity index (χ4n) is 1.67. The minimum atomic E-state index is 0.846. The van der Waals surface area contributed by atoms with Gasteiger partial charge in [0.2, 0.25) is 0 Å². The molecule has 3 nitrogen and oxygen atoms in total. The van der Waals surface area contributed by atoms with Crippen LogP contribution in [0.25, 0.3) is 10.9 Å². The number of nitrogens with zero attached hydrogens (tertiary/aromatic N) is 3. The van der Waals surface area contributed by atoms with Gasteiger partial charge >= 0.3 is 0 Å². The van der Waals surface area contributed by atoms with Crippen molar-refractivity contribution < 1.29 is 0 Å². The maximum Gasteiger partial charge on any atom is 0.137 e. The van der Waals surface area contributed by atoms with E-state index in [0.717, 1.165) is 22.5 Å². The van der Waals surface area contributed by atoms with E-state index in [1.165, 1.54) is 18.4 Å². The summed E-state index contributed by atoms with van der Waals surface area (Å²) in [5.74, 6) is 0.846. The maximum atomic E-state index is 4.46. The van der Waals surface area contributed by atoms with E-state index in [1.807, 2.05) is 18.5 Å². The van der Waals surface area contributed by atoms with E-state index in [-0.39, 0.29) is 0 Å². The van der Waals surface area contributed by atoms with Gasteiger partial charge in [-0.25, -0.2) is 0 Å². The van der Waals surface area contributed by atoms with Crippen molar-refractivity contribution in [3.8, 4) is 0 Å². The van der Waals surface area contributed by atoms with E-state index >= 15 is 0 Å². The summed E-state index contributed by atoms with van der Waals surface area (Å²) in [5.41, 5.74) is 1.18. The molecule has 2 aromatic heterocycles. The molecule has 72 valence electrons. The van der Waals surface area contributed by atoms with Gasteiger partial charge in [0, 0.05) is 18.9 Å². The number of rotatable bonds is 2. The SMILES string of the molecule is Brc1nn(CC2CC2)c2ccncc12. The number of halogens is 1. The molecule has 0 spiro atoms. The summed E-state index contributed by atoms with van der Waals surface area (Å²) in [5, 5.41) is 5.57. The zero-order chi connectivity index (χ0) is 9.54. The van der Waals surface area contributed by atoms with Crippen molar-refractivity contribution in [2.24, 2.45) is 5.92 Å². The Kier molecular flexibility index (Phi) is 1.83. The molecular formula is C10H10BrN3. The first-order chi connectivity index (χ1) is 6.84. The standard InChI is InChI=1S/C10H10BrN3/c11-10-8-5-12-4-3-9(8)14(13-10)6-7-1-2-7/h3-5,7H,1-2,6H2. The van der Waals surface area contributed by atoms with Crippen LogP contribution in [0.15, 0.2) is 23.1 Å². The van der Waals surface area contributed by atoms with Crippen molar-refractivity contribution >= 4 is 26.8 Å². The molecule has 1 fully saturated rings. The third-order valence-corrected chi connectivity index (χ3v) is 3.22. The molecule has 1 saturated carbocycles. The van der Waals surface area contributed by atoms with Gasteiger partial charge in [-0.15, -0.1) is 0 Å². The van der Waals surface area contributed by atoms with Gasteiger partial charge in [-0.1, -0.05) is 0 Å². The number of pyridine rings is 1. The van der Waals surface area contributed by atoms with Crippen LogP contribution in [0.5, 0.6) is 0 Å². The van der Waals surface area contributed by atoms with Crippen LogP contribution in [0, 0.1) is 5.92 Å². The number of aromatic nitrogens is 3. The molecule has 0 bridgehead atoms. The Morgan fingerprint density at radius 3 is 3.14 bits per heavy atom. The minimum absolute atomic E-state index is 0.846. The van der Waals surface area contributed by atoms with Gasteiger partial charge in [0.1, 0.15) is 4.60 Å². The molecule has 3 rings (SSSR count). The summed E-state index contributed by atoms with van der Waals surface area (Å²) in [4.78, 5) is 4.10. The van der Waals surface area contributed by atoms with Gasteiger partial charge in [0.05, 0.1) is 10.9 Å². The van der Waals surface area contributed by atoms with Crippen LogP contribution in [0.4, 0.5) is 0 Å². The van der Waals surface area contributed by atoms with Crippen LogP contribution >= 0.6 is 15.9 Å². The Labute approximate surface area is 90.3 Å². The molecule has 4 heteroatoms. The van der Waals surface area contributed by atoms with Crippen LogP contribution in [0.1, 0.15) is 12.8 Å². The van der Waals surface area contributed by atoms with Gasteiger partial charge in [0.25, 0.3) is 0 Å². The highest BCUT2D eigenvalue weighted by atomic mass is 79.9. The largest absolute Gasteiger partial charge is 0.264 e. The summed E-state index contributed by atoms with van der Waals surface area (Å²) in [6, 6.07) is 2.02. The molecule has 0 N–H and O–H groups in total. The predicted molar refractivity (Wildman–Crippen MR) is 58.0 cm³/mol. The molecule has 1 aliphatic carbocycles. The fraction of sp³-hybridized carbons (Fsp3) is 0.400. The van der Waals surface area contributed by atoms with E-state index in [4.69, 9.17) is 0 Å². The summed E-state index contributed by atoms with van der Waals surface area (Å²) < 4.78 is 2.99. The van der Waals surface area contributed by atoms with Crippen molar-refractivity contribution in [3.63, 3.8) is 0 Å². The highest BCUT2D eigenvalue weighted by Gasteiger charge is 2.23. The maximum absolute atomic E-state index is 4.46. The van der Waals surface area contributed by atoms with Crippen LogP contribution in [0.2, 0.25) is 0 Å². The normalized spacial score (nSPS) is 16.4. The van der Waals surface area contributed by atoms with Crippen molar-refractivity contribution in [1.29, 1.82) is 0 Å². The second-order valence-electron chi connectivity index (χ2n) is 3.81. The molecule has 0 aliphatic heterocycles. The van der Waals surface area contributed by atoms with Crippen LogP contribution < -0.4 is 0 Å². The Balaban J connectivity index is 2.12. The van der Waals surface area contributed by atoms with Gasteiger partial charge < -0.3 is 0 Å². The lowest BCUT2D eigenvalue weighted by Crippen LogP contribution is -2.01. The molecule has 0 radical (unpaired) electrons. The van der Waals surface area contributed by atoms with Crippen LogP contribution in [-0.4, -0.2) is 14.8 Å². The van der Waals surface area contributed by atoms with Crippen molar-refractivity contribution in [2.45, 2.75) is 19.4 Å². The number of fused-ring (bicyclic) bond motifs is 1. The molecule has 0 amide bonds. The molecule has 14 heavy (non-hydrogen) atoms. The highest BCUT2D eigenvalue weighted by Crippen LogP contribution is 2.32. The molecule has 0 unspecified atom stereocenters. The predicted octanol–water partition coefficient (Wildman–Crippen LogP) is 2.60. The van der Waals surface area contributed by atoms with Crippen molar-refractivity contribution in [1.82, 2.24) is 14.8 Å². The van der Waals surface area contributed by atoms with Crippen molar-refractivity contribution in [3.05, 3.63) is 23.1 Å². The molecular weight excluding hydrogens is 242 g/mol. The quantitative estimate of drug-likeness (QED) is 0.822. The molecule has 2 heterocycles. The van der Waals surface area contributed by atoms with E-state index in [9.17, 15) is 0 Å². The van der Waals surface area contributed by atoms with Gasteiger partial charge in [-0.2, -0.15) is 5.10 Å². The third-order valence-electron chi connectivity index (χ3n) is 2.63. The Morgan fingerprint density at radius 2 is 2.36 bits per heavy atom. The molecule has 0 saturated heterocycles. The minimum Gasteiger partial charge on any atom is -0.264 e. The lowest BCUT2D eigenvalue weighted by molar-refractivity contribution is 0.577. The Morgan fingerprint density at radius 1 is 1.50 bits per heavy atom. The second-order valence-corrected chi connectivity index (χ2v) is 4.56.